The number of benzene rings is 2. The molecule has 1 aliphatic heterocycles. The highest BCUT2D eigenvalue weighted by molar-refractivity contribution is 7.22. The van der Waals surface area contributed by atoms with E-state index in [2.05, 4.69) is 4.90 Å². The normalized spacial score (nSPS) is 14.5. The topological polar surface area (TPSA) is 45.7 Å². The van der Waals surface area contributed by atoms with E-state index in [1.165, 1.54) is 0 Å². The first-order chi connectivity index (χ1) is 13.5. The maximum atomic E-state index is 12.7. The van der Waals surface area contributed by atoms with E-state index >= 15 is 0 Å². The van der Waals surface area contributed by atoms with Gasteiger partial charge in [-0.2, -0.15) is 0 Å². The number of nitrogens with zero attached hydrogens (tertiary/aromatic N) is 3. The molecule has 1 aliphatic rings. The molecule has 5 nitrogen and oxygen atoms in total. The number of carbonyl (C=O) groups excluding carboxylic acids is 1. The minimum absolute atomic E-state index is 0.167. The Kier molecular flexibility index (Phi) is 5.42. The molecular weight excluding hydrogens is 394 g/mol. The van der Waals surface area contributed by atoms with E-state index < -0.39 is 0 Å². The van der Waals surface area contributed by atoms with Gasteiger partial charge in [-0.25, -0.2) is 4.98 Å². The maximum absolute atomic E-state index is 12.7. The number of halogens is 1. The van der Waals surface area contributed by atoms with Crippen molar-refractivity contribution in [3.63, 3.8) is 0 Å². The van der Waals surface area contributed by atoms with Gasteiger partial charge in [-0.1, -0.05) is 35.1 Å². The second-order valence-electron chi connectivity index (χ2n) is 6.96. The minimum atomic E-state index is 0.167. The Balaban J connectivity index is 1.37. The van der Waals surface area contributed by atoms with Crippen LogP contribution in [0.2, 0.25) is 5.02 Å². The standard InChI is InChI=1S/C21H22ClN3O2S/c1-14-11-15(3-6-18(14)27-2)12-20(26)24-7-9-25(10-8-24)21-23-17-5-4-16(22)13-19(17)28-21/h3-6,11,13H,7-10,12H2,1-2H3. The minimum Gasteiger partial charge on any atom is -0.496 e. The first kappa shape index (κ1) is 19.0. The van der Waals surface area contributed by atoms with Crippen LogP contribution in [-0.2, 0) is 11.2 Å². The summed E-state index contributed by atoms with van der Waals surface area (Å²) in [7, 11) is 1.66. The van der Waals surface area contributed by atoms with Gasteiger partial charge < -0.3 is 14.5 Å². The monoisotopic (exact) mass is 415 g/mol. The molecule has 4 rings (SSSR count). The maximum Gasteiger partial charge on any atom is 0.227 e. The molecule has 0 aliphatic carbocycles. The van der Waals surface area contributed by atoms with Crippen LogP contribution in [0, 0.1) is 6.92 Å². The Bertz CT molecular complexity index is 1010. The highest BCUT2D eigenvalue weighted by Gasteiger charge is 2.23. The third-order valence-electron chi connectivity index (χ3n) is 5.06. The van der Waals surface area contributed by atoms with Gasteiger partial charge in [0.1, 0.15) is 5.75 Å². The number of amides is 1. The molecular formula is C21H22ClN3O2S. The van der Waals surface area contributed by atoms with Crippen molar-refractivity contribution in [3.05, 3.63) is 52.5 Å². The zero-order valence-corrected chi connectivity index (χ0v) is 17.5. The molecule has 1 aromatic heterocycles. The first-order valence-corrected chi connectivity index (χ1v) is 10.5. The number of rotatable bonds is 4. The van der Waals surface area contributed by atoms with Gasteiger partial charge in [0.15, 0.2) is 5.13 Å². The van der Waals surface area contributed by atoms with E-state index in [9.17, 15) is 4.79 Å². The summed E-state index contributed by atoms with van der Waals surface area (Å²) in [4.78, 5) is 21.6. The highest BCUT2D eigenvalue weighted by Crippen LogP contribution is 2.31. The SMILES string of the molecule is COc1ccc(CC(=O)N2CCN(c3nc4ccc(Cl)cc4s3)CC2)cc1C. The number of thiazole rings is 1. The van der Waals surface area contributed by atoms with Gasteiger partial charge in [-0.15, -0.1) is 0 Å². The molecule has 1 fully saturated rings. The predicted molar refractivity (Wildman–Crippen MR) is 115 cm³/mol. The van der Waals surface area contributed by atoms with Gasteiger partial charge in [-0.3, -0.25) is 4.79 Å². The number of aromatic nitrogens is 1. The van der Waals surface area contributed by atoms with Crippen molar-refractivity contribution < 1.29 is 9.53 Å². The number of piperazine rings is 1. The number of hydrogen-bond donors (Lipinski definition) is 0. The number of ether oxygens (including phenoxy) is 1. The molecule has 0 bridgehead atoms. The van der Waals surface area contributed by atoms with Gasteiger partial charge >= 0.3 is 0 Å². The van der Waals surface area contributed by atoms with Gasteiger partial charge in [-0.05, 0) is 42.3 Å². The molecule has 3 aromatic rings. The molecule has 1 saturated heterocycles. The van der Waals surface area contributed by atoms with Gasteiger partial charge in [0, 0.05) is 31.2 Å². The average Bonchev–Trinajstić information content (AvgIpc) is 3.11. The lowest BCUT2D eigenvalue weighted by molar-refractivity contribution is -0.130. The lowest BCUT2D eigenvalue weighted by atomic mass is 10.1. The molecule has 0 unspecified atom stereocenters. The largest absolute Gasteiger partial charge is 0.496 e. The summed E-state index contributed by atoms with van der Waals surface area (Å²) in [6.07, 6.45) is 0.421. The van der Waals surface area contributed by atoms with Gasteiger partial charge in [0.2, 0.25) is 5.91 Å². The summed E-state index contributed by atoms with van der Waals surface area (Å²) in [5.41, 5.74) is 3.04. The number of anilines is 1. The van der Waals surface area contributed by atoms with Crippen LogP contribution >= 0.6 is 22.9 Å². The summed E-state index contributed by atoms with van der Waals surface area (Å²) < 4.78 is 6.38. The number of hydrogen-bond acceptors (Lipinski definition) is 5. The lowest BCUT2D eigenvalue weighted by Gasteiger charge is -2.34. The molecule has 1 amide bonds. The van der Waals surface area contributed by atoms with Gasteiger partial charge in [0.25, 0.3) is 0 Å². The molecule has 0 saturated carbocycles. The summed E-state index contributed by atoms with van der Waals surface area (Å²) in [5.74, 6) is 1.02. The summed E-state index contributed by atoms with van der Waals surface area (Å²) in [6.45, 7) is 5.01. The molecule has 2 aromatic carbocycles. The number of methoxy groups -OCH3 is 1. The predicted octanol–water partition coefficient (Wildman–Crippen LogP) is 4.16. The molecule has 0 atom stereocenters. The third kappa shape index (κ3) is 3.93. The molecule has 7 heteroatoms. The number of fused-ring (bicyclic) bond motifs is 1. The quantitative estimate of drug-likeness (QED) is 0.642. The first-order valence-electron chi connectivity index (χ1n) is 9.26. The van der Waals surface area contributed by atoms with Crippen LogP contribution in [0.5, 0.6) is 5.75 Å². The fourth-order valence-corrected chi connectivity index (χ4v) is 4.80. The Morgan fingerprint density at radius 3 is 2.68 bits per heavy atom. The van der Waals surface area contributed by atoms with E-state index in [1.54, 1.807) is 18.4 Å². The van der Waals surface area contributed by atoms with E-state index in [4.69, 9.17) is 21.3 Å². The van der Waals surface area contributed by atoms with Crippen molar-refractivity contribution in [1.82, 2.24) is 9.88 Å². The highest BCUT2D eigenvalue weighted by atomic mass is 35.5. The smallest absolute Gasteiger partial charge is 0.227 e. The molecule has 0 spiro atoms. The molecule has 0 radical (unpaired) electrons. The second kappa shape index (κ2) is 7.97. The van der Waals surface area contributed by atoms with Crippen LogP contribution in [0.15, 0.2) is 36.4 Å². The van der Waals surface area contributed by atoms with Crippen molar-refractivity contribution in [3.8, 4) is 5.75 Å². The van der Waals surface area contributed by atoms with Crippen molar-refractivity contribution in [2.45, 2.75) is 13.3 Å². The number of carbonyl (C=O) groups is 1. The second-order valence-corrected chi connectivity index (χ2v) is 8.40. The number of aryl methyl sites for hydroxylation is 1. The third-order valence-corrected chi connectivity index (χ3v) is 6.37. The van der Waals surface area contributed by atoms with E-state index in [0.29, 0.717) is 19.5 Å². The van der Waals surface area contributed by atoms with Crippen molar-refractivity contribution in [1.29, 1.82) is 0 Å². The summed E-state index contributed by atoms with van der Waals surface area (Å²) in [5, 5.41) is 1.72. The van der Waals surface area contributed by atoms with Crippen LogP contribution < -0.4 is 9.64 Å². The molecule has 28 heavy (non-hydrogen) atoms. The summed E-state index contributed by atoms with van der Waals surface area (Å²) >= 11 is 7.73. The van der Waals surface area contributed by atoms with E-state index in [-0.39, 0.29) is 5.91 Å². The lowest BCUT2D eigenvalue weighted by Crippen LogP contribution is -2.49. The van der Waals surface area contributed by atoms with E-state index in [1.807, 2.05) is 48.2 Å². The fraction of sp³-hybridized carbons (Fsp3) is 0.333. The van der Waals surface area contributed by atoms with Crippen LogP contribution in [0.4, 0.5) is 5.13 Å². The van der Waals surface area contributed by atoms with Crippen LogP contribution in [0.25, 0.3) is 10.2 Å². The van der Waals surface area contributed by atoms with Crippen LogP contribution in [-0.4, -0.2) is 49.1 Å². The zero-order chi connectivity index (χ0) is 19.7. The fourth-order valence-electron chi connectivity index (χ4n) is 3.51. The average molecular weight is 416 g/mol. The van der Waals surface area contributed by atoms with Gasteiger partial charge in [0.05, 0.1) is 23.7 Å². The molecule has 146 valence electrons. The molecule has 2 heterocycles. The van der Waals surface area contributed by atoms with Crippen molar-refractivity contribution >= 4 is 44.2 Å². The molecule has 0 N–H and O–H groups in total. The Hall–Kier alpha value is -2.31. The zero-order valence-electron chi connectivity index (χ0n) is 15.9. The summed E-state index contributed by atoms with van der Waals surface area (Å²) in [6, 6.07) is 11.7. The van der Waals surface area contributed by atoms with E-state index in [0.717, 1.165) is 50.3 Å². The van der Waals surface area contributed by atoms with Crippen molar-refractivity contribution in [2.75, 3.05) is 38.2 Å². The van der Waals surface area contributed by atoms with Crippen LogP contribution in [0.3, 0.4) is 0 Å². The Morgan fingerprint density at radius 1 is 1.18 bits per heavy atom. The van der Waals surface area contributed by atoms with Crippen LogP contribution in [0.1, 0.15) is 11.1 Å². The Morgan fingerprint density at radius 2 is 1.96 bits per heavy atom. The Labute approximate surface area is 173 Å². The van der Waals surface area contributed by atoms with Crippen molar-refractivity contribution in [2.24, 2.45) is 0 Å².